The summed E-state index contributed by atoms with van der Waals surface area (Å²) in [6.07, 6.45) is 5.00. The van der Waals surface area contributed by atoms with Gasteiger partial charge in [0.25, 0.3) is 9.84 Å². The molecule has 2 heterocycles. The smallest absolute Gasteiger partial charge is 0.414 e. The molecule has 0 amide bonds. The number of nitrogens with one attached hydrogen (secondary N) is 1. The molecular formula is C33H37F2N7O6S. The van der Waals surface area contributed by atoms with Gasteiger partial charge in [-0.05, 0) is 67.1 Å². The fourth-order valence-electron chi connectivity index (χ4n) is 5.42. The number of aromatic nitrogens is 5. The maximum absolute atomic E-state index is 14.8. The fraction of sp³-hybridized carbons (Fsp3) is 0.333. The third kappa shape index (κ3) is 9.23. The van der Waals surface area contributed by atoms with E-state index in [-0.39, 0.29) is 40.9 Å². The third-order valence-electron chi connectivity index (χ3n) is 7.75. The summed E-state index contributed by atoms with van der Waals surface area (Å²) in [5, 5.41) is 33.8. The number of nitrogens with zero attached hydrogens (tertiary/aromatic N) is 6. The summed E-state index contributed by atoms with van der Waals surface area (Å²) in [6.45, 7) is 2.01. The molecule has 5 rings (SSSR count). The predicted molar refractivity (Wildman–Crippen MR) is 171 cm³/mol. The fourth-order valence-corrected chi connectivity index (χ4v) is 6.71. The van der Waals surface area contributed by atoms with Crippen molar-refractivity contribution in [3.8, 4) is 5.88 Å². The van der Waals surface area contributed by atoms with E-state index in [1.54, 1.807) is 18.2 Å². The molecule has 260 valence electrons. The summed E-state index contributed by atoms with van der Waals surface area (Å²) >= 11 is 0. The number of halogens is 2. The maximum atomic E-state index is 14.8. The minimum absolute atomic E-state index is 0.0273. The monoisotopic (exact) mass is 697 g/mol. The Morgan fingerprint density at radius 2 is 1.82 bits per heavy atom. The minimum Gasteiger partial charge on any atom is -0.454 e. The maximum Gasteiger partial charge on any atom is 0.414 e. The van der Waals surface area contributed by atoms with Crippen LogP contribution < -0.4 is 15.0 Å². The van der Waals surface area contributed by atoms with Crippen molar-refractivity contribution in [3.63, 3.8) is 0 Å². The zero-order valence-electron chi connectivity index (χ0n) is 26.8. The molecule has 0 saturated heterocycles. The average molecular weight is 698 g/mol. The van der Waals surface area contributed by atoms with Crippen molar-refractivity contribution < 1.29 is 36.6 Å². The van der Waals surface area contributed by atoms with Crippen LogP contribution in [0.4, 0.5) is 8.78 Å². The first-order chi connectivity index (χ1) is 23.5. The van der Waals surface area contributed by atoms with E-state index in [0.717, 1.165) is 42.6 Å². The number of sulfone groups is 1. The highest BCUT2D eigenvalue weighted by atomic mass is 32.2. The van der Waals surface area contributed by atoms with Crippen LogP contribution >= 0.6 is 0 Å². The largest absolute Gasteiger partial charge is 0.454 e. The van der Waals surface area contributed by atoms with E-state index >= 15 is 0 Å². The highest BCUT2D eigenvalue weighted by Gasteiger charge is 2.36. The van der Waals surface area contributed by atoms with Crippen LogP contribution in [0.3, 0.4) is 0 Å². The van der Waals surface area contributed by atoms with Gasteiger partial charge in [-0.1, -0.05) is 48.5 Å². The molecular weight excluding hydrogens is 660 g/mol. The van der Waals surface area contributed by atoms with Crippen LogP contribution in [0.5, 0.6) is 5.88 Å². The standard InChI is InChI=1S/C33H37F2N7O6S/c1-40(21-33(43,22-41-24-37-23-38-41)29-15-14-27(34)18-30(29)35)20-26-12-10-25(11-13-26)19-36-16-6-3-7-17-47-31-32(42(44)48-39-31)49(45,46)28-8-4-2-5-9-28/h2,4-5,8-15,18,23-24,36,43H,3,6-7,16-17,19-22H2,1H3. The molecule has 3 aromatic carbocycles. The highest BCUT2D eigenvalue weighted by Crippen LogP contribution is 2.28. The highest BCUT2D eigenvalue weighted by molar-refractivity contribution is 7.91. The number of likely N-dealkylation sites (N-methyl/N-ethyl adjacent to an activating group) is 1. The van der Waals surface area contributed by atoms with Crippen LogP contribution in [-0.4, -0.2) is 65.1 Å². The van der Waals surface area contributed by atoms with E-state index in [9.17, 15) is 27.5 Å². The van der Waals surface area contributed by atoms with Gasteiger partial charge in [0, 0.05) is 31.3 Å². The summed E-state index contributed by atoms with van der Waals surface area (Å²) in [6, 6.07) is 18.6. The van der Waals surface area contributed by atoms with E-state index in [4.69, 9.17) is 4.74 Å². The normalized spacial score (nSPS) is 13.1. The topological polar surface area (TPSA) is 163 Å². The zero-order chi connectivity index (χ0) is 34.9. The molecule has 0 aliphatic heterocycles. The minimum atomic E-state index is -4.16. The van der Waals surface area contributed by atoms with Crippen molar-refractivity contribution in [2.24, 2.45) is 0 Å². The molecule has 49 heavy (non-hydrogen) atoms. The number of rotatable bonds is 18. The first-order valence-corrected chi connectivity index (χ1v) is 17.0. The molecule has 2 N–H and O–H groups in total. The van der Waals surface area contributed by atoms with Gasteiger partial charge in [0.2, 0.25) is 0 Å². The molecule has 13 nitrogen and oxygen atoms in total. The van der Waals surface area contributed by atoms with Gasteiger partial charge >= 0.3 is 10.9 Å². The van der Waals surface area contributed by atoms with Crippen molar-refractivity contribution >= 4 is 9.84 Å². The second-order valence-electron chi connectivity index (χ2n) is 11.7. The molecule has 5 aromatic rings. The Morgan fingerprint density at radius 3 is 2.53 bits per heavy atom. The van der Waals surface area contributed by atoms with E-state index in [0.29, 0.717) is 19.5 Å². The SMILES string of the molecule is CN(Cc1ccc(CNCCCCCOc2no[n+]([O-])c2S(=O)(=O)c2ccccc2)cc1)CC(O)(Cn1cncn1)c1ccc(F)cc1F. The number of hydrogen-bond acceptors (Lipinski definition) is 11. The number of aliphatic hydroxyl groups is 1. The number of hydrogen-bond donors (Lipinski definition) is 2. The van der Waals surface area contributed by atoms with Gasteiger partial charge in [0.1, 0.15) is 29.9 Å². The lowest BCUT2D eigenvalue weighted by atomic mass is 9.92. The molecule has 16 heteroatoms. The van der Waals surface area contributed by atoms with Crippen molar-refractivity contribution in [3.05, 3.63) is 119 Å². The molecule has 0 fully saturated rings. The van der Waals surface area contributed by atoms with E-state index in [2.05, 4.69) is 25.2 Å². The van der Waals surface area contributed by atoms with Gasteiger partial charge < -0.3 is 20.4 Å². The first kappa shape index (κ1) is 35.5. The lowest BCUT2D eigenvalue weighted by molar-refractivity contribution is -0.832. The number of ether oxygens (including phenoxy) is 1. The van der Waals surface area contributed by atoms with Crippen LogP contribution in [0.1, 0.15) is 36.0 Å². The Balaban J connectivity index is 1.03. The van der Waals surface area contributed by atoms with Gasteiger partial charge in [-0.2, -0.15) is 5.10 Å². The van der Waals surface area contributed by atoms with Crippen LogP contribution in [-0.2, 0) is 35.1 Å². The van der Waals surface area contributed by atoms with Crippen LogP contribution in [0.2, 0.25) is 0 Å². The Kier molecular flexibility index (Phi) is 11.7. The zero-order valence-corrected chi connectivity index (χ0v) is 27.6. The third-order valence-corrected chi connectivity index (χ3v) is 9.48. The molecule has 0 bridgehead atoms. The quantitative estimate of drug-likeness (QED) is 0.102. The molecule has 1 unspecified atom stereocenters. The summed E-state index contributed by atoms with van der Waals surface area (Å²) in [7, 11) is -2.35. The van der Waals surface area contributed by atoms with Crippen molar-refractivity contribution in [1.82, 2.24) is 30.1 Å². The molecule has 2 aromatic heterocycles. The van der Waals surface area contributed by atoms with Crippen LogP contribution in [0, 0.1) is 16.8 Å². The summed E-state index contributed by atoms with van der Waals surface area (Å²) in [4.78, 5) is 5.53. The number of unbranched alkanes of at least 4 members (excludes halogenated alkanes) is 2. The Morgan fingerprint density at radius 1 is 1.06 bits per heavy atom. The summed E-state index contributed by atoms with van der Waals surface area (Å²) in [5.41, 5.74) is 0.344. The van der Waals surface area contributed by atoms with Crippen LogP contribution in [0.25, 0.3) is 0 Å². The molecule has 0 radical (unpaired) electrons. The second-order valence-corrected chi connectivity index (χ2v) is 13.5. The summed E-state index contributed by atoms with van der Waals surface area (Å²) in [5.74, 6) is -1.93. The van der Waals surface area contributed by atoms with Crippen molar-refractivity contribution in [2.45, 2.75) is 54.4 Å². The van der Waals surface area contributed by atoms with E-state index in [1.807, 2.05) is 36.2 Å². The first-order valence-electron chi connectivity index (χ1n) is 15.6. The van der Waals surface area contributed by atoms with Crippen LogP contribution in [0.15, 0.2) is 100 Å². The molecule has 0 saturated carbocycles. The Bertz CT molecular complexity index is 1890. The van der Waals surface area contributed by atoms with Gasteiger partial charge in [-0.25, -0.2) is 26.9 Å². The Labute approximate surface area is 282 Å². The molecule has 0 aliphatic rings. The molecule has 0 spiro atoms. The number of benzene rings is 3. The lowest BCUT2D eigenvalue weighted by Crippen LogP contribution is -2.43. The van der Waals surface area contributed by atoms with Gasteiger partial charge in [-0.15, -0.1) is 0 Å². The summed E-state index contributed by atoms with van der Waals surface area (Å²) < 4.78 is 65.4. The molecule has 1 atom stereocenters. The predicted octanol–water partition coefficient (Wildman–Crippen LogP) is 3.37. The van der Waals surface area contributed by atoms with E-state index < -0.39 is 32.1 Å². The van der Waals surface area contributed by atoms with Gasteiger partial charge in [0.05, 0.1) is 23.2 Å². The van der Waals surface area contributed by atoms with Crippen molar-refractivity contribution in [2.75, 3.05) is 26.7 Å². The average Bonchev–Trinajstić information content (AvgIpc) is 3.72. The molecule has 0 aliphatic carbocycles. The second kappa shape index (κ2) is 16.1. The lowest BCUT2D eigenvalue weighted by Gasteiger charge is -2.33. The van der Waals surface area contributed by atoms with Gasteiger partial charge in [-0.3, -0.25) is 9.53 Å². The van der Waals surface area contributed by atoms with E-state index in [1.165, 1.54) is 35.5 Å². The Hall–Kier alpha value is -4.77. The van der Waals surface area contributed by atoms with Crippen molar-refractivity contribution in [1.29, 1.82) is 0 Å². The van der Waals surface area contributed by atoms with Gasteiger partial charge in [0.15, 0.2) is 0 Å².